The highest BCUT2D eigenvalue weighted by Crippen LogP contribution is 2.24. The number of rotatable bonds is 6. The largest absolute Gasteiger partial charge is 0.393 e. The maximum Gasteiger partial charge on any atom is 0.0580 e. The Hall–Kier alpha value is -0.120. The fourth-order valence-electron chi connectivity index (χ4n) is 3.14. The second-order valence-corrected chi connectivity index (χ2v) is 6.16. The van der Waals surface area contributed by atoms with Crippen molar-refractivity contribution >= 4 is 0 Å². The van der Waals surface area contributed by atoms with Gasteiger partial charge >= 0.3 is 0 Å². The van der Waals surface area contributed by atoms with E-state index >= 15 is 0 Å². The van der Waals surface area contributed by atoms with Crippen LogP contribution in [-0.4, -0.2) is 60.8 Å². The third-order valence-electron chi connectivity index (χ3n) is 4.25. The maximum atomic E-state index is 10.2. The van der Waals surface area contributed by atoms with Crippen molar-refractivity contribution in [3.8, 4) is 0 Å². The van der Waals surface area contributed by atoms with E-state index in [1.807, 2.05) is 0 Å². The number of likely N-dealkylation sites (N-methyl/N-ethyl adjacent to an activating group) is 2. The highest BCUT2D eigenvalue weighted by atomic mass is 16.3. The molecule has 0 aliphatic heterocycles. The van der Waals surface area contributed by atoms with Crippen LogP contribution in [0.2, 0.25) is 0 Å². The van der Waals surface area contributed by atoms with Crippen molar-refractivity contribution in [2.24, 2.45) is 5.92 Å². The van der Waals surface area contributed by atoms with E-state index in [0.29, 0.717) is 12.0 Å². The van der Waals surface area contributed by atoms with E-state index in [2.05, 4.69) is 37.7 Å². The Kier molecular flexibility index (Phi) is 7.20. The minimum Gasteiger partial charge on any atom is -0.393 e. The Bertz CT molecular complexity index is 221. The van der Waals surface area contributed by atoms with Crippen LogP contribution >= 0.6 is 0 Å². The molecule has 108 valence electrons. The minimum absolute atomic E-state index is 0.0758. The third kappa shape index (κ3) is 5.25. The second-order valence-electron chi connectivity index (χ2n) is 6.16. The summed E-state index contributed by atoms with van der Waals surface area (Å²) in [7, 11) is 4.26. The Morgan fingerprint density at radius 2 is 1.83 bits per heavy atom. The van der Waals surface area contributed by atoms with Crippen molar-refractivity contribution in [3.63, 3.8) is 0 Å². The number of aliphatic hydroxyl groups is 1. The summed E-state index contributed by atoms with van der Waals surface area (Å²) in [4.78, 5) is 4.77. The summed E-state index contributed by atoms with van der Waals surface area (Å²) in [5.41, 5.74) is 0. The number of nitrogens with zero attached hydrogens (tertiary/aromatic N) is 2. The zero-order valence-corrected chi connectivity index (χ0v) is 12.7. The van der Waals surface area contributed by atoms with Crippen LogP contribution in [0.3, 0.4) is 0 Å². The first-order valence-corrected chi connectivity index (χ1v) is 7.61. The molecule has 1 N–H and O–H groups in total. The number of hydrogen-bond donors (Lipinski definition) is 1. The van der Waals surface area contributed by atoms with Crippen LogP contribution in [0.1, 0.15) is 46.0 Å². The fourth-order valence-corrected chi connectivity index (χ4v) is 3.14. The van der Waals surface area contributed by atoms with E-state index in [9.17, 15) is 5.11 Å². The average molecular weight is 256 g/mol. The van der Waals surface area contributed by atoms with Crippen LogP contribution in [0.25, 0.3) is 0 Å². The van der Waals surface area contributed by atoms with Gasteiger partial charge in [0.05, 0.1) is 6.10 Å². The molecule has 3 nitrogen and oxygen atoms in total. The van der Waals surface area contributed by atoms with E-state index in [0.717, 1.165) is 26.1 Å². The Balaban J connectivity index is 2.49. The van der Waals surface area contributed by atoms with Gasteiger partial charge in [-0.25, -0.2) is 0 Å². The van der Waals surface area contributed by atoms with Crippen LogP contribution in [0.4, 0.5) is 0 Å². The predicted octanol–water partition coefficient (Wildman–Crippen LogP) is 2.20. The molecule has 0 spiro atoms. The Morgan fingerprint density at radius 1 is 1.17 bits per heavy atom. The molecule has 3 heteroatoms. The first-order valence-electron chi connectivity index (χ1n) is 7.61. The van der Waals surface area contributed by atoms with Crippen LogP contribution < -0.4 is 0 Å². The predicted molar refractivity (Wildman–Crippen MR) is 77.8 cm³/mol. The average Bonchev–Trinajstić information content (AvgIpc) is 2.50. The van der Waals surface area contributed by atoms with Crippen molar-refractivity contribution in [2.45, 2.75) is 58.1 Å². The summed E-state index contributed by atoms with van der Waals surface area (Å²) in [5, 5.41) is 10.2. The minimum atomic E-state index is -0.0758. The van der Waals surface area contributed by atoms with Gasteiger partial charge in [0, 0.05) is 19.1 Å². The maximum absolute atomic E-state index is 10.2. The van der Waals surface area contributed by atoms with Crippen molar-refractivity contribution in [3.05, 3.63) is 0 Å². The normalized spacial score (nSPS) is 27.5. The molecule has 0 radical (unpaired) electrons. The van der Waals surface area contributed by atoms with E-state index in [-0.39, 0.29) is 6.10 Å². The summed E-state index contributed by atoms with van der Waals surface area (Å²) in [6, 6.07) is 0.570. The van der Waals surface area contributed by atoms with Gasteiger partial charge in [-0.15, -0.1) is 0 Å². The van der Waals surface area contributed by atoms with Crippen molar-refractivity contribution in [1.29, 1.82) is 0 Å². The second kappa shape index (κ2) is 8.13. The van der Waals surface area contributed by atoms with Gasteiger partial charge in [-0.05, 0) is 46.3 Å². The first-order chi connectivity index (χ1) is 8.54. The topological polar surface area (TPSA) is 26.7 Å². The zero-order chi connectivity index (χ0) is 13.5. The standard InChI is InChI=1S/C15H32N2O/c1-5-17(13(2)11-16(3)4)12-14-9-7-6-8-10-15(14)18/h13-15,18H,5-12H2,1-4H3. The lowest BCUT2D eigenvalue weighted by Crippen LogP contribution is -2.44. The molecule has 18 heavy (non-hydrogen) atoms. The molecule has 1 fully saturated rings. The number of aliphatic hydroxyl groups excluding tert-OH is 1. The van der Waals surface area contributed by atoms with Crippen LogP contribution in [0.5, 0.6) is 0 Å². The SMILES string of the molecule is CCN(CC1CCCCCC1O)C(C)CN(C)C. The van der Waals surface area contributed by atoms with Crippen LogP contribution in [0, 0.1) is 5.92 Å². The summed E-state index contributed by atoms with van der Waals surface area (Å²) < 4.78 is 0. The van der Waals surface area contributed by atoms with Crippen LogP contribution in [-0.2, 0) is 0 Å². The molecule has 1 saturated carbocycles. The quantitative estimate of drug-likeness (QED) is 0.738. The van der Waals surface area contributed by atoms with Crippen molar-refractivity contribution < 1.29 is 5.11 Å². The molecule has 3 atom stereocenters. The van der Waals surface area contributed by atoms with Gasteiger partial charge in [0.15, 0.2) is 0 Å². The molecule has 0 amide bonds. The summed E-state index contributed by atoms with van der Waals surface area (Å²) >= 11 is 0. The molecule has 1 aliphatic carbocycles. The first kappa shape index (κ1) is 15.9. The fraction of sp³-hybridized carbons (Fsp3) is 1.00. The molecule has 0 heterocycles. The molecular weight excluding hydrogens is 224 g/mol. The van der Waals surface area contributed by atoms with Crippen molar-refractivity contribution in [1.82, 2.24) is 9.80 Å². The highest BCUT2D eigenvalue weighted by Gasteiger charge is 2.25. The van der Waals surface area contributed by atoms with Gasteiger partial charge in [0.1, 0.15) is 0 Å². The molecular formula is C15H32N2O. The van der Waals surface area contributed by atoms with Gasteiger partial charge in [-0.2, -0.15) is 0 Å². The van der Waals surface area contributed by atoms with Crippen molar-refractivity contribution in [2.75, 3.05) is 33.7 Å². The lowest BCUT2D eigenvalue weighted by atomic mass is 9.96. The molecule has 0 aromatic heterocycles. The molecule has 3 unspecified atom stereocenters. The lowest BCUT2D eigenvalue weighted by molar-refractivity contribution is 0.0602. The molecule has 0 bridgehead atoms. The monoisotopic (exact) mass is 256 g/mol. The molecule has 0 aromatic carbocycles. The zero-order valence-electron chi connectivity index (χ0n) is 12.7. The highest BCUT2D eigenvalue weighted by molar-refractivity contribution is 4.78. The Morgan fingerprint density at radius 3 is 2.44 bits per heavy atom. The third-order valence-corrected chi connectivity index (χ3v) is 4.25. The summed E-state index contributed by atoms with van der Waals surface area (Å²) in [6.45, 7) is 7.77. The van der Waals surface area contributed by atoms with Gasteiger partial charge in [0.25, 0.3) is 0 Å². The van der Waals surface area contributed by atoms with Gasteiger partial charge in [0.2, 0.25) is 0 Å². The van der Waals surface area contributed by atoms with Gasteiger partial charge < -0.3 is 10.0 Å². The van der Waals surface area contributed by atoms with E-state index < -0.39 is 0 Å². The Labute approximate surface area is 113 Å². The van der Waals surface area contributed by atoms with Gasteiger partial charge in [-0.3, -0.25) is 4.90 Å². The molecule has 0 aromatic rings. The molecule has 0 saturated heterocycles. The van der Waals surface area contributed by atoms with Crippen LogP contribution in [0.15, 0.2) is 0 Å². The molecule has 1 rings (SSSR count). The van der Waals surface area contributed by atoms with E-state index in [4.69, 9.17) is 0 Å². The number of hydrogen-bond acceptors (Lipinski definition) is 3. The van der Waals surface area contributed by atoms with E-state index in [1.54, 1.807) is 0 Å². The van der Waals surface area contributed by atoms with Gasteiger partial charge in [-0.1, -0.05) is 26.2 Å². The summed E-state index contributed by atoms with van der Waals surface area (Å²) in [6.07, 6.45) is 5.93. The lowest BCUT2D eigenvalue weighted by Gasteiger charge is -2.34. The summed E-state index contributed by atoms with van der Waals surface area (Å²) in [5.74, 6) is 0.483. The van der Waals surface area contributed by atoms with E-state index in [1.165, 1.54) is 25.7 Å². The smallest absolute Gasteiger partial charge is 0.0580 e. The molecule has 1 aliphatic rings.